The lowest BCUT2D eigenvalue weighted by atomic mass is 9.73. The van der Waals surface area contributed by atoms with Crippen LogP contribution in [0.4, 0.5) is 0 Å². The highest BCUT2D eigenvalue weighted by Gasteiger charge is 2.37. The monoisotopic (exact) mass is 598 g/mol. The maximum atomic E-state index is 13.8. The van der Waals surface area contributed by atoms with Crippen molar-refractivity contribution in [3.63, 3.8) is 0 Å². The Kier molecular flexibility index (Phi) is 4.82. The third kappa shape index (κ3) is 3.19. The van der Waals surface area contributed by atoms with E-state index in [1.807, 2.05) is 0 Å². The molecule has 0 aliphatic heterocycles. The van der Waals surface area contributed by atoms with E-state index in [4.69, 9.17) is 0 Å². The summed E-state index contributed by atoms with van der Waals surface area (Å²) in [6.07, 6.45) is 3.50. The van der Waals surface area contributed by atoms with Gasteiger partial charge in [0.15, 0.2) is 11.6 Å². The summed E-state index contributed by atoms with van der Waals surface area (Å²) in [5.74, 6) is 0.445. The fraction of sp³-hybridized carbons (Fsp3) is 0.238. The summed E-state index contributed by atoms with van der Waals surface area (Å²) >= 11 is 0. The third-order valence-electron chi connectivity index (χ3n) is 11.4. The van der Waals surface area contributed by atoms with Gasteiger partial charge in [0.2, 0.25) is 0 Å². The van der Waals surface area contributed by atoms with Crippen molar-refractivity contribution in [2.45, 2.75) is 53.4 Å². The van der Waals surface area contributed by atoms with E-state index < -0.39 is 0 Å². The maximum absolute atomic E-state index is 13.8. The molecule has 0 fully saturated rings. The van der Waals surface area contributed by atoms with E-state index in [9.17, 15) is 9.59 Å². The van der Waals surface area contributed by atoms with Crippen LogP contribution in [0.25, 0.3) is 65.6 Å². The summed E-state index contributed by atoms with van der Waals surface area (Å²) in [5, 5.41) is 7.18. The summed E-state index contributed by atoms with van der Waals surface area (Å²) in [6, 6.07) is 30.9. The molecule has 10 rings (SSSR count). The predicted octanol–water partition coefficient (Wildman–Crippen LogP) is 10.2. The zero-order valence-electron chi connectivity index (χ0n) is 26.6. The molecule has 3 heterocycles. The number of aromatic nitrogens is 2. The minimum Gasteiger partial charge on any atom is -0.309 e. The Morgan fingerprint density at radius 3 is 1.46 bits per heavy atom. The van der Waals surface area contributed by atoms with Crippen LogP contribution in [0.2, 0.25) is 0 Å². The molecule has 5 aromatic carbocycles. The van der Waals surface area contributed by atoms with Crippen molar-refractivity contribution in [2.75, 3.05) is 0 Å². The Bertz CT molecular complexity index is 2500. The molecule has 0 amide bonds. The van der Waals surface area contributed by atoms with Gasteiger partial charge in [0.1, 0.15) is 0 Å². The zero-order chi connectivity index (χ0) is 31.3. The first-order valence-corrected chi connectivity index (χ1v) is 16.5. The molecule has 0 saturated heterocycles. The van der Waals surface area contributed by atoms with Gasteiger partial charge in [0.05, 0.1) is 27.6 Å². The van der Waals surface area contributed by atoms with E-state index in [2.05, 4.69) is 122 Å². The highest BCUT2D eigenvalue weighted by atomic mass is 16.1. The molecule has 2 aliphatic carbocycles. The van der Waals surface area contributed by atoms with Gasteiger partial charge >= 0.3 is 0 Å². The van der Waals surface area contributed by atoms with Gasteiger partial charge < -0.3 is 8.97 Å². The number of carbonyl (C=O) groups excluding carboxylic acids is 2. The second-order valence-electron chi connectivity index (χ2n) is 15.1. The Balaban J connectivity index is 1.39. The van der Waals surface area contributed by atoms with Crippen LogP contribution in [0.1, 0.15) is 72.4 Å². The first-order chi connectivity index (χ1) is 22.1. The number of nitrogens with zero attached hydrogens (tertiary/aromatic N) is 2. The van der Waals surface area contributed by atoms with Crippen LogP contribution in [0.15, 0.2) is 84.9 Å². The van der Waals surface area contributed by atoms with Crippen molar-refractivity contribution in [3.05, 3.63) is 107 Å². The summed E-state index contributed by atoms with van der Waals surface area (Å²) < 4.78 is 4.74. The Morgan fingerprint density at radius 2 is 0.978 bits per heavy atom. The molecule has 0 bridgehead atoms. The molecule has 3 aromatic heterocycles. The number of Topliss-reactive ketones (excluding diaryl/α,β-unsaturated/α-hetero) is 2. The summed E-state index contributed by atoms with van der Waals surface area (Å²) in [6.45, 7) is 8.28. The predicted molar refractivity (Wildman–Crippen MR) is 188 cm³/mol. The average molecular weight is 599 g/mol. The van der Waals surface area contributed by atoms with Crippen molar-refractivity contribution in [3.8, 4) is 5.69 Å². The quantitative estimate of drug-likeness (QED) is 0.189. The standard InChI is InChI=1S/C42H34N2O2/c1-41(2)15-13-23-17-30-32-19-25(43-34-11-7-5-9-26(34)27-10-6-8-12-35(27)43)20-33-31-18-24-14-16-42(3,4)40(46)29(24)22-37(31)44(38(32)33)36(30)21-28(23)39(41)45/h5-12,17-22H,13-16H2,1-4H3. The number of ketones is 2. The Morgan fingerprint density at radius 1 is 0.522 bits per heavy atom. The van der Waals surface area contributed by atoms with Crippen LogP contribution in [-0.2, 0) is 12.8 Å². The minimum atomic E-state index is -0.373. The average Bonchev–Trinajstić information content (AvgIpc) is 3.67. The SMILES string of the molecule is CC1(C)CCc2cc3c4cc(-n5c6ccccc6c6ccccc65)cc5c6cc7c(cc6n(c3cc2C1=O)c45)C(=O)C(C)(C)CC7. The smallest absolute Gasteiger partial charge is 0.168 e. The molecule has 0 spiro atoms. The maximum Gasteiger partial charge on any atom is 0.168 e. The van der Waals surface area contributed by atoms with E-state index >= 15 is 0 Å². The van der Waals surface area contributed by atoms with E-state index in [0.717, 1.165) is 70.2 Å². The molecule has 0 N–H and O–H groups in total. The van der Waals surface area contributed by atoms with Crippen molar-refractivity contribution in [1.29, 1.82) is 0 Å². The number of rotatable bonds is 1. The lowest BCUT2D eigenvalue weighted by Gasteiger charge is -2.30. The van der Waals surface area contributed by atoms with Crippen LogP contribution in [0, 0.1) is 10.8 Å². The van der Waals surface area contributed by atoms with Crippen LogP contribution >= 0.6 is 0 Å². The van der Waals surface area contributed by atoms with Crippen molar-refractivity contribution in [2.24, 2.45) is 10.8 Å². The fourth-order valence-corrected chi connectivity index (χ4v) is 8.73. The van der Waals surface area contributed by atoms with E-state index in [0.29, 0.717) is 0 Å². The number of fused-ring (bicyclic) bond motifs is 11. The normalized spacial score (nSPS) is 17.7. The van der Waals surface area contributed by atoms with Gasteiger partial charge in [-0.15, -0.1) is 0 Å². The molecule has 2 aliphatic rings. The van der Waals surface area contributed by atoms with Crippen LogP contribution < -0.4 is 0 Å². The van der Waals surface area contributed by atoms with Gasteiger partial charge in [0, 0.05) is 60.0 Å². The molecule has 0 unspecified atom stereocenters. The molecule has 46 heavy (non-hydrogen) atoms. The third-order valence-corrected chi connectivity index (χ3v) is 11.4. The molecular formula is C42H34N2O2. The number of hydrogen-bond donors (Lipinski definition) is 0. The topological polar surface area (TPSA) is 43.5 Å². The molecule has 8 aromatic rings. The molecule has 0 atom stereocenters. The first kappa shape index (κ1) is 26.3. The number of aryl methyl sites for hydroxylation is 2. The largest absolute Gasteiger partial charge is 0.309 e. The molecule has 4 heteroatoms. The van der Waals surface area contributed by atoms with Gasteiger partial charge in [-0.1, -0.05) is 64.1 Å². The van der Waals surface area contributed by atoms with Gasteiger partial charge in [0.25, 0.3) is 0 Å². The second-order valence-corrected chi connectivity index (χ2v) is 15.1. The molecule has 0 saturated carbocycles. The summed E-state index contributed by atoms with van der Waals surface area (Å²) in [7, 11) is 0. The van der Waals surface area contributed by atoms with E-state index in [-0.39, 0.29) is 22.4 Å². The second kappa shape index (κ2) is 8.44. The van der Waals surface area contributed by atoms with Crippen LogP contribution in [0.5, 0.6) is 0 Å². The van der Waals surface area contributed by atoms with E-state index in [1.54, 1.807) is 0 Å². The highest BCUT2D eigenvalue weighted by molar-refractivity contribution is 6.26. The number of benzene rings is 5. The molecule has 0 radical (unpaired) electrons. The van der Waals surface area contributed by atoms with Gasteiger partial charge in [-0.25, -0.2) is 0 Å². The van der Waals surface area contributed by atoms with Crippen molar-refractivity contribution < 1.29 is 9.59 Å². The highest BCUT2D eigenvalue weighted by Crippen LogP contribution is 2.46. The minimum absolute atomic E-state index is 0.223. The number of para-hydroxylation sites is 2. The van der Waals surface area contributed by atoms with Crippen molar-refractivity contribution in [1.82, 2.24) is 8.97 Å². The lowest BCUT2D eigenvalue weighted by Crippen LogP contribution is -2.30. The Hall–Kier alpha value is -4.96. The van der Waals surface area contributed by atoms with Gasteiger partial charge in [-0.3, -0.25) is 9.59 Å². The van der Waals surface area contributed by atoms with E-state index in [1.165, 1.54) is 43.4 Å². The van der Waals surface area contributed by atoms with Crippen LogP contribution in [0.3, 0.4) is 0 Å². The lowest BCUT2D eigenvalue weighted by molar-refractivity contribution is 0.0805. The molecule has 4 nitrogen and oxygen atoms in total. The molecular weight excluding hydrogens is 564 g/mol. The van der Waals surface area contributed by atoms with Gasteiger partial charge in [-0.2, -0.15) is 0 Å². The Labute approximate surface area is 266 Å². The number of hydrogen-bond acceptors (Lipinski definition) is 2. The summed E-state index contributed by atoms with van der Waals surface area (Å²) in [4.78, 5) is 27.5. The number of carbonyl (C=O) groups is 2. The first-order valence-electron chi connectivity index (χ1n) is 16.5. The van der Waals surface area contributed by atoms with Crippen molar-refractivity contribution >= 4 is 71.5 Å². The summed E-state index contributed by atoms with van der Waals surface area (Å²) in [5.41, 5.74) is 9.96. The molecule has 224 valence electrons. The zero-order valence-corrected chi connectivity index (χ0v) is 26.6. The fourth-order valence-electron chi connectivity index (χ4n) is 8.73. The van der Waals surface area contributed by atoms with Gasteiger partial charge in [-0.05, 0) is 85.3 Å². The van der Waals surface area contributed by atoms with Crippen LogP contribution in [-0.4, -0.2) is 20.5 Å².